The average Bonchev–Trinajstić information content (AvgIpc) is 2.49. The Morgan fingerprint density at radius 2 is 1.68 bits per heavy atom. The molecule has 4 nitrogen and oxygen atoms in total. The van der Waals surface area contributed by atoms with E-state index in [1.165, 1.54) is 11.1 Å². The zero-order valence-corrected chi connectivity index (χ0v) is 14.3. The van der Waals surface area contributed by atoms with Crippen LogP contribution in [0.3, 0.4) is 0 Å². The van der Waals surface area contributed by atoms with Gasteiger partial charge in [0.15, 0.2) is 0 Å². The lowest BCUT2D eigenvalue weighted by Gasteiger charge is -2.37. The Labute approximate surface area is 134 Å². The number of carbonyl (C=O) groups is 1. The molecule has 1 unspecified atom stereocenters. The Bertz CT molecular complexity index is 476. The van der Waals surface area contributed by atoms with E-state index in [0.29, 0.717) is 0 Å². The van der Waals surface area contributed by atoms with Crippen molar-refractivity contribution in [3.63, 3.8) is 0 Å². The van der Waals surface area contributed by atoms with Crippen LogP contribution < -0.4 is 5.32 Å². The molecule has 0 radical (unpaired) electrons. The molecule has 1 heterocycles. The van der Waals surface area contributed by atoms with Gasteiger partial charge in [0.25, 0.3) is 0 Å². The second-order valence-electron chi connectivity index (χ2n) is 6.64. The number of rotatable bonds is 5. The highest BCUT2D eigenvalue weighted by Gasteiger charge is 2.25. The summed E-state index contributed by atoms with van der Waals surface area (Å²) in [5, 5.41) is 3.00. The SMILES string of the molecule is Cc1ccc(CN2CCN(C(C)C(=O)NC(C)C)CC2)cc1. The fraction of sp³-hybridized carbons (Fsp3) is 0.611. The van der Waals surface area contributed by atoms with Crippen molar-refractivity contribution in [1.82, 2.24) is 15.1 Å². The standard InChI is InChI=1S/C18H29N3O/c1-14(2)19-18(22)16(4)21-11-9-20(10-12-21)13-17-7-5-15(3)6-8-17/h5-8,14,16H,9-13H2,1-4H3,(H,19,22). The number of nitrogens with one attached hydrogen (secondary N) is 1. The van der Waals surface area contributed by atoms with Crippen molar-refractivity contribution in [2.75, 3.05) is 26.2 Å². The summed E-state index contributed by atoms with van der Waals surface area (Å²) in [7, 11) is 0. The normalized spacial score (nSPS) is 18.4. The highest BCUT2D eigenvalue weighted by molar-refractivity contribution is 5.81. The summed E-state index contributed by atoms with van der Waals surface area (Å²) in [5.74, 6) is 0.141. The first-order valence-corrected chi connectivity index (χ1v) is 8.28. The van der Waals surface area contributed by atoms with Crippen LogP contribution >= 0.6 is 0 Å². The van der Waals surface area contributed by atoms with Gasteiger partial charge < -0.3 is 5.32 Å². The molecule has 0 bridgehead atoms. The van der Waals surface area contributed by atoms with Gasteiger partial charge in [-0.1, -0.05) is 29.8 Å². The van der Waals surface area contributed by atoms with Crippen LogP contribution in [0.1, 0.15) is 31.9 Å². The minimum Gasteiger partial charge on any atom is -0.353 e. The molecule has 1 amide bonds. The van der Waals surface area contributed by atoms with Gasteiger partial charge in [-0.05, 0) is 33.3 Å². The smallest absolute Gasteiger partial charge is 0.237 e. The molecule has 0 spiro atoms. The van der Waals surface area contributed by atoms with Crippen molar-refractivity contribution in [1.29, 1.82) is 0 Å². The second kappa shape index (κ2) is 7.75. The van der Waals surface area contributed by atoms with Crippen molar-refractivity contribution in [2.45, 2.75) is 46.3 Å². The Morgan fingerprint density at radius 3 is 2.23 bits per heavy atom. The molecule has 2 rings (SSSR count). The molecule has 1 aromatic carbocycles. The minimum absolute atomic E-state index is 0.0380. The number of hydrogen-bond acceptors (Lipinski definition) is 3. The summed E-state index contributed by atoms with van der Waals surface area (Å²) in [4.78, 5) is 16.8. The van der Waals surface area contributed by atoms with E-state index in [1.54, 1.807) is 0 Å². The molecule has 22 heavy (non-hydrogen) atoms. The van der Waals surface area contributed by atoms with Crippen molar-refractivity contribution in [3.05, 3.63) is 35.4 Å². The van der Waals surface area contributed by atoms with Crippen LogP contribution in [0.15, 0.2) is 24.3 Å². The first kappa shape index (κ1) is 17.0. The molecule has 1 N–H and O–H groups in total. The fourth-order valence-electron chi connectivity index (χ4n) is 2.83. The van der Waals surface area contributed by atoms with Crippen molar-refractivity contribution in [3.8, 4) is 0 Å². The van der Waals surface area contributed by atoms with Gasteiger partial charge in [-0.25, -0.2) is 0 Å². The topological polar surface area (TPSA) is 35.6 Å². The maximum absolute atomic E-state index is 12.1. The van der Waals surface area contributed by atoms with E-state index in [0.717, 1.165) is 32.7 Å². The summed E-state index contributed by atoms with van der Waals surface area (Å²) in [5.41, 5.74) is 2.67. The predicted molar refractivity (Wildman–Crippen MR) is 90.8 cm³/mol. The highest BCUT2D eigenvalue weighted by atomic mass is 16.2. The molecule has 0 aliphatic carbocycles. The lowest BCUT2D eigenvalue weighted by atomic mass is 10.1. The summed E-state index contributed by atoms with van der Waals surface area (Å²) < 4.78 is 0. The minimum atomic E-state index is -0.0380. The van der Waals surface area contributed by atoms with Crippen LogP contribution in [0.4, 0.5) is 0 Å². The number of nitrogens with zero attached hydrogens (tertiary/aromatic N) is 2. The lowest BCUT2D eigenvalue weighted by Crippen LogP contribution is -2.54. The molecule has 1 aromatic rings. The van der Waals surface area contributed by atoms with Gasteiger partial charge in [-0.2, -0.15) is 0 Å². The van der Waals surface area contributed by atoms with Crippen LogP contribution in [0, 0.1) is 6.92 Å². The highest BCUT2D eigenvalue weighted by Crippen LogP contribution is 2.11. The molecular weight excluding hydrogens is 274 g/mol. The van der Waals surface area contributed by atoms with E-state index in [2.05, 4.69) is 46.3 Å². The molecule has 0 aromatic heterocycles. The summed E-state index contributed by atoms with van der Waals surface area (Å²) in [6.45, 7) is 13.1. The van der Waals surface area contributed by atoms with Gasteiger partial charge in [-0.15, -0.1) is 0 Å². The first-order valence-electron chi connectivity index (χ1n) is 8.28. The van der Waals surface area contributed by atoms with Crippen molar-refractivity contribution >= 4 is 5.91 Å². The molecule has 4 heteroatoms. The number of carbonyl (C=O) groups excluding carboxylic acids is 1. The fourth-order valence-corrected chi connectivity index (χ4v) is 2.83. The van der Waals surface area contributed by atoms with Gasteiger partial charge in [0, 0.05) is 38.8 Å². The number of aryl methyl sites for hydroxylation is 1. The average molecular weight is 303 g/mol. The first-order chi connectivity index (χ1) is 10.5. The molecular formula is C18H29N3O. The summed E-state index contributed by atoms with van der Waals surface area (Å²) in [6.07, 6.45) is 0. The largest absolute Gasteiger partial charge is 0.353 e. The second-order valence-corrected chi connectivity index (χ2v) is 6.64. The summed E-state index contributed by atoms with van der Waals surface area (Å²) in [6, 6.07) is 8.93. The zero-order valence-electron chi connectivity index (χ0n) is 14.3. The van der Waals surface area contributed by atoms with E-state index in [4.69, 9.17) is 0 Å². The van der Waals surface area contributed by atoms with Crippen LogP contribution in [0.2, 0.25) is 0 Å². The van der Waals surface area contributed by atoms with Crippen LogP contribution in [0.25, 0.3) is 0 Å². The predicted octanol–water partition coefficient (Wildman–Crippen LogP) is 2.03. The summed E-state index contributed by atoms with van der Waals surface area (Å²) >= 11 is 0. The molecule has 0 saturated carbocycles. The van der Waals surface area contributed by atoms with E-state index in [1.807, 2.05) is 20.8 Å². The molecule has 1 fully saturated rings. The van der Waals surface area contributed by atoms with Gasteiger partial charge in [-0.3, -0.25) is 14.6 Å². The molecule has 1 atom stereocenters. The van der Waals surface area contributed by atoms with Crippen LogP contribution in [-0.2, 0) is 11.3 Å². The van der Waals surface area contributed by atoms with Gasteiger partial charge >= 0.3 is 0 Å². The molecule has 1 saturated heterocycles. The number of benzene rings is 1. The molecule has 1 aliphatic heterocycles. The monoisotopic (exact) mass is 303 g/mol. The van der Waals surface area contributed by atoms with Gasteiger partial charge in [0.05, 0.1) is 6.04 Å². The lowest BCUT2D eigenvalue weighted by molar-refractivity contribution is -0.127. The maximum Gasteiger partial charge on any atom is 0.237 e. The zero-order chi connectivity index (χ0) is 16.1. The third kappa shape index (κ3) is 4.82. The Balaban J connectivity index is 1.80. The van der Waals surface area contributed by atoms with E-state index >= 15 is 0 Å². The Hall–Kier alpha value is -1.39. The number of piperazine rings is 1. The quantitative estimate of drug-likeness (QED) is 0.904. The van der Waals surface area contributed by atoms with Gasteiger partial charge in [0.1, 0.15) is 0 Å². The van der Waals surface area contributed by atoms with Gasteiger partial charge in [0.2, 0.25) is 5.91 Å². The number of amides is 1. The third-order valence-corrected chi connectivity index (χ3v) is 4.29. The Kier molecular flexibility index (Phi) is 5.98. The third-order valence-electron chi connectivity index (χ3n) is 4.29. The van der Waals surface area contributed by atoms with Crippen molar-refractivity contribution < 1.29 is 4.79 Å². The van der Waals surface area contributed by atoms with Crippen LogP contribution in [0.5, 0.6) is 0 Å². The molecule has 1 aliphatic rings. The Morgan fingerprint density at radius 1 is 1.09 bits per heavy atom. The van der Waals surface area contributed by atoms with Crippen LogP contribution in [-0.4, -0.2) is 54.0 Å². The maximum atomic E-state index is 12.1. The molecule has 122 valence electrons. The van der Waals surface area contributed by atoms with E-state index in [9.17, 15) is 4.79 Å². The van der Waals surface area contributed by atoms with E-state index < -0.39 is 0 Å². The van der Waals surface area contributed by atoms with Crippen molar-refractivity contribution in [2.24, 2.45) is 0 Å². The van der Waals surface area contributed by atoms with E-state index in [-0.39, 0.29) is 18.0 Å². The number of hydrogen-bond donors (Lipinski definition) is 1.